The van der Waals surface area contributed by atoms with Crippen molar-refractivity contribution in [2.45, 2.75) is 13.1 Å². The summed E-state index contributed by atoms with van der Waals surface area (Å²) < 4.78 is 11.4. The zero-order valence-corrected chi connectivity index (χ0v) is 13.7. The standard InChI is InChI=1S/C14H16BrNO3S/c1-18-12-3-9(4-13(19-2)14(12)17)6-16-7-11-5-10(15)8-20-11/h3-5,8,16-17H,6-7H2,1-2H3. The molecule has 1 heterocycles. The van der Waals surface area contributed by atoms with Crippen LogP contribution in [0.4, 0.5) is 0 Å². The second-order valence-corrected chi connectivity index (χ2v) is 6.10. The molecule has 0 aliphatic carbocycles. The lowest BCUT2D eigenvalue weighted by Crippen LogP contribution is -2.12. The van der Waals surface area contributed by atoms with E-state index in [2.05, 4.69) is 32.7 Å². The lowest BCUT2D eigenvalue weighted by Gasteiger charge is -2.11. The van der Waals surface area contributed by atoms with Crippen LogP contribution in [0, 0.1) is 0 Å². The summed E-state index contributed by atoms with van der Waals surface area (Å²) in [5, 5.41) is 15.3. The Bertz CT molecular complexity index is 561. The van der Waals surface area contributed by atoms with Crippen LogP contribution in [0.5, 0.6) is 17.2 Å². The van der Waals surface area contributed by atoms with Crippen LogP contribution in [0.25, 0.3) is 0 Å². The molecule has 2 aromatic rings. The van der Waals surface area contributed by atoms with Crippen LogP contribution in [0.3, 0.4) is 0 Å². The van der Waals surface area contributed by atoms with E-state index in [9.17, 15) is 5.11 Å². The van der Waals surface area contributed by atoms with E-state index in [0.717, 1.165) is 16.6 Å². The van der Waals surface area contributed by atoms with Gasteiger partial charge >= 0.3 is 0 Å². The van der Waals surface area contributed by atoms with Gasteiger partial charge in [0.15, 0.2) is 11.5 Å². The van der Waals surface area contributed by atoms with Crippen molar-refractivity contribution in [3.05, 3.63) is 38.5 Å². The van der Waals surface area contributed by atoms with Crippen LogP contribution in [-0.2, 0) is 13.1 Å². The van der Waals surface area contributed by atoms with Gasteiger partial charge < -0.3 is 19.9 Å². The maximum absolute atomic E-state index is 9.85. The lowest BCUT2D eigenvalue weighted by atomic mass is 10.2. The summed E-state index contributed by atoms with van der Waals surface area (Å²) in [6.07, 6.45) is 0. The molecule has 1 aromatic heterocycles. The maximum atomic E-state index is 9.85. The van der Waals surface area contributed by atoms with Gasteiger partial charge in [-0.3, -0.25) is 0 Å². The molecule has 1 aromatic carbocycles. The molecule has 0 saturated carbocycles. The number of benzene rings is 1. The number of thiophene rings is 1. The first kappa shape index (κ1) is 15.2. The molecule has 0 radical (unpaired) electrons. The van der Waals surface area contributed by atoms with Crippen molar-refractivity contribution >= 4 is 27.3 Å². The summed E-state index contributed by atoms with van der Waals surface area (Å²) in [5.74, 6) is 0.862. The van der Waals surface area contributed by atoms with Crippen molar-refractivity contribution in [2.75, 3.05) is 14.2 Å². The molecule has 0 amide bonds. The number of hydrogen-bond acceptors (Lipinski definition) is 5. The number of hydrogen-bond donors (Lipinski definition) is 2. The molecule has 0 saturated heterocycles. The lowest BCUT2D eigenvalue weighted by molar-refractivity contribution is 0.339. The minimum absolute atomic E-state index is 0.0286. The van der Waals surface area contributed by atoms with Gasteiger partial charge in [-0.1, -0.05) is 0 Å². The second-order valence-electron chi connectivity index (χ2n) is 4.18. The molecule has 20 heavy (non-hydrogen) atoms. The van der Waals surface area contributed by atoms with Gasteiger partial charge in [-0.15, -0.1) is 11.3 Å². The molecule has 0 aliphatic heterocycles. The summed E-state index contributed by atoms with van der Waals surface area (Å²) >= 11 is 5.14. The Morgan fingerprint density at radius 1 is 1.15 bits per heavy atom. The highest BCUT2D eigenvalue weighted by atomic mass is 79.9. The third-order valence-electron chi connectivity index (χ3n) is 2.79. The Morgan fingerprint density at radius 3 is 2.30 bits per heavy atom. The van der Waals surface area contributed by atoms with Crippen molar-refractivity contribution in [3.8, 4) is 17.2 Å². The molecule has 0 fully saturated rings. The third-order valence-corrected chi connectivity index (χ3v) is 4.49. The highest BCUT2D eigenvalue weighted by Gasteiger charge is 2.10. The zero-order valence-electron chi connectivity index (χ0n) is 11.3. The van der Waals surface area contributed by atoms with Gasteiger partial charge in [-0.25, -0.2) is 0 Å². The van der Waals surface area contributed by atoms with Crippen LogP contribution < -0.4 is 14.8 Å². The van der Waals surface area contributed by atoms with Crippen molar-refractivity contribution < 1.29 is 14.6 Å². The molecule has 4 nitrogen and oxygen atoms in total. The van der Waals surface area contributed by atoms with E-state index in [1.165, 1.54) is 19.1 Å². The Kier molecular flexibility index (Phi) is 5.28. The number of phenolic OH excluding ortho intramolecular Hbond substituents is 1. The van der Waals surface area contributed by atoms with Crippen LogP contribution in [-0.4, -0.2) is 19.3 Å². The highest BCUT2D eigenvalue weighted by Crippen LogP contribution is 2.37. The smallest absolute Gasteiger partial charge is 0.200 e. The number of halogens is 1. The van der Waals surface area contributed by atoms with Crippen molar-refractivity contribution in [1.29, 1.82) is 0 Å². The molecule has 0 bridgehead atoms. The van der Waals surface area contributed by atoms with Crippen molar-refractivity contribution in [3.63, 3.8) is 0 Å². The van der Waals surface area contributed by atoms with E-state index in [1.54, 1.807) is 23.5 Å². The minimum atomic E-state index is 0.0286. The van der Waals surface area contributed by atoms with Crippen molar-refractivity contribution in [2.24, 2.45) is 0 Å². The quantitative estimate of drug-likeness (QED) is 0.830. The van der Waals surface area contributed by atoms with E-state index in [1.807, 2.05) is 0 Å². The monoisotopic (exact) mass is 357 g/mol. The van der Waals surface area contributed by atoms with Gasteiger partial charge in [0.05, 0.1) is 14.2 Å². The number of ether oxygens (including phenoxy) is 2. The Morgan fingerprint density at radius 2 is 1.80 bits per heavy atom. The van der Waals surface area contributed by atoms with Crippen molar-refractivity contribution in [1.82, 2.24) is 5.32 Å². The van der Waals surface area contributed by atoms with E-state index >= 15 is 0 Å². The van der Waals surface area contributed by atoms with Gasteiger partial charge in [0, 0.05) is 27.8 Å². The first-order valence-corrected chi connectivity index (χ1v) is 7.68. The Labute approximate surface area is 130 Å². The average molecular weight is 358 g/mol. The largest absolute Gasteiger partial charge is 0.502 e. The SMILES string of the molecule is COc1cc(CNCc2cc(Br)cs2)cc(OC)c1O. The molecule has 0 atom stereocenters. The number of rotatable bonds is 6. The average Bonchev–Trinajstić information content (AvgIpc) is 2.86. The molecular formula is C14H16BrNO3S. The number of nitrogens with one attached hydrogen (secondary N) is 1. The maximum Gasteiger partial charge on any atom is 0.200 e. The van der Waals surface area contributed by atoms with Gasteiger partial charge in [0.1, 0.15) is 0 Å². The summed E-state index contributed by atoms with van der Waals surface area (Å²) in [6, 6.07) is 5.69. The summed E-state index contributed by atoms with van der Waals surface area (Å²) in [7, 11) is 3.05. The Hall–Kier alpha value is -1.24. The molecule has 2 N–H and O–H groups in total. The van der Waals surface area contributed by atoms with Crippen LogP contribution in [0.1, 0.15) is 10.4 Å². The summed E-state index contributed by atoms with van der Waals surface area (Å²) in [5.41, 5.74) is 0.993. The molecule has 0 aliphatic rings. The molecular weight excluding hydrogens is 342 g/mol. The molecule has 108 valence electrons. The van der Waals surface area contributed by atoms with E-state index in [4.69, 9.17) is 9.47 Å². The number of phenols is 1. The van der Waals surface area contributed by atoms with E-state index in [-0.39, 0.29) is 5.75 Å². The molecule has 6 heteroatoms. The topological polar surface area (TPSA) is 50.7 Å². The predicted octanol–water partition coefficient (Wildman–Crippen LogP) is 3.52. The van der Waals surface area contributed by atoms with Crippen LogP contribution in [0.2, 0.25) is 0 Å². The molecule has 2 rings (SSSR count). The van der Waals surface area contributed by atoms with E-state index < -0.39 is 0 Å². The fraction of sp³-hybridized carbons (Fsp3) is 0.286. The first-order chi connectivity index (χ1) is 9.63. The van der Waals surface area contributed by atoms with Gasteiger partial charge in [0.25, 0.3) is 0 Å². The van der Waals surface area contributed by atoms with Gasteiger partial charge in [-0.05, 0) is 39.7 Å². The summed E-state index contributed by atoms with van der Waals surface area (Å²) in [4.78, 5) is 1.26. The third kappa shape index (κ3) is 3.65. The summed E-state index contributed by atoms with van der Waals surface area (Å²) in [6.45, 7) is 1.46. The minimum Gasteiger partial charge on any atom is -0.502 e. The first-order valence-electron chi connectivity index (χ1n) is 6.01. The number of aromatic hydroxyl groups is 1. The van der Waals surface area contributed by atoms with Gasteiger partial charge in [0.2, 0.25) is 5.75 Å². The fourth-order valence-corrected chi connectivity index (χ4v) is 3.25. The highest BCUT2D eigenvalue weighted by molar-refractivity contribution is 9.10. The van der Waals surface area contributed by atoms with E-state index in [0.29, 0.717) is 18.0 Å². The van der Waals surface area contributed by atoms with Crippen LogP contribution >= 0.6 is 27.3 Å². The zero-order chi connectivity index (χ0) is 14.5. The fourth-order valence-electron chi connectivity index (χ4n) is 1.83. The molecule has 0 spiro atoms. The normalized spacial score (nSPS) is 10.6. The predicted molar refractivity (Wildman–Crippen MR) is 83.8 cm³/mol. The number of methoxy groups -OCH3 is 2. The van der Waals surface area contributed by atoms with Gasteiger partial charge in [-0.2, -0.15) is 0 Å². The van der Waals surface area contributed by atoms with Crippen LogP contribution in [0.15, 0.2) is 28.1 Å². The second kappa shape index (κ2) is 6.97. The Balaban J connectivity index is 2.02. The molecule has 0 unspecified atom stereocenters.